The molecule has 4 rings (SSSR count). The molecule has 0 bridgehead atoms. The Kier molecular flexibility index (Phi) is 6.22. The van der Waals surface area contributed by atoms with E-state index in [0.29, 0.717) is 35.3 Å². The van der Waals surface area contributed by atoms with Crippen LogP contribution in [0.4, 0.5) is 11.4 Å². The highest BCUT2D eigenvalue weighted by Gasteiger charge is 2.37. The van der Waals surface area contributed by atoms with Crippen molar-refractivity contribution < 1.29 is 18.0 Å². The number of amides is 2. The van der Waals surface area contributed by atoms with Crippen molar-refractivity contribution in [2.24, 2.45) is 5.92 Å². The number of sulfonamides is 1. The van der Waals surface area contributed by atoms with E-state index in [1.54, 1.807) is 17.0 Å². The molecule has 2 N–H and O–H groups in total. The van der Waals surface area contributed by atoms with Gasteiger partial charge in [-0.3, -0.25) is 14.3 Å². The zero-order valence-corrected chi connectivity index (χ0v) is 20.0. The number of nitrogens with zero attached hydrogens (tertiary/aromatic N) is 1. The summed E-state index contributed by atoms with van der Waals surface area (Å²) in [5.41, 5.74) is 2.78. The van der Waals surface area contributed by atoms with E-state index in [0.717, 1.165) is 24.0 Å². The highest BCUT2D eigenvalue weighted by atomic mass is 32.2. The molecule has 7 nitrogen and oxygen atoms in total. The zero-order valence-electron chi connectivity index (χ0n) is 18.3. The van der Waals surface area contributed by atoms with E-state index in [4.69, 9.17) is 0 Å². The van der Waals surface area contributed by atoms with E-state index >= 15 is 0 Å². The molecule has 0 saturated carbocycles. The first-order chi connectivity index (χ1) is 15.1. The maximum Gasteiger partial charge on any atom is 0.261 e. The fourth-order valence-electron chi connectivity index (χ4n) is 3.94. The SMILES string of the molecule is Cc1ccc(NS(=O)(=O)c2ccc3c(c2)NC(=O)C(C(=O)N2CCC(C)CC2)S3)c(C)c1. The van der Waals surface area contributed by atoms with Crippen LogP contribution in [0.3, 0.4) is 0 Å². The Balaban J connectivity index is 1.52. The van der Waals surface area contributed by atoms with E-state index in [-0.39, 0.29) is 10.8 Å². The molecule has 0 aromatic heterocycles. The molecule has 0 radical (unpaired) electrons. The third-order valence-corrected chi connectivity index (χ3v) is 8.57. The van der Waals surface area contributed by atoms with Crippen molar-refractivity contribution in [2.45, 2.75) is 48.7 Å². The zero-order chi connectivity index (χ0) is 23.0. The van der Waals surface area contributed by atoms with Crippen molar-refractivity contribution in [3.05, 3.63) is 47.5 Å². The molecule has 1 atom stereocenters. The van der Waals surface area contributed by atoms with E-state index in [1.165, 1.54) is 23.9 Å². The minimum absolute atomic E-state index is 0.0481. The molecule has 1 saturated heterocycles. The molecule has 2 aliphatic rings. The normalized spacial score (nSPS) is 19.3. The summed E-state index contributed by atoms with van der Waals surface area (Å²) in [5, 5.41) is 1.88. The summed E-state index contributed by atoms with van der Waals surface area (Å²) in [4.78, 5) is 28.1. The van der Waals surface area contributed by atoms with Crippen LogP contribution in [0.25, 0.3) is 0 Å². The smallest absolute Gasteiger partial charge is 0.261 e. The lowest BCUT2D eigenvalue weighted by Crippen LogP contribution is -2.47. The van der Waals surface area contributed by atoms with E-state index in [1.807, 2.05) is 26.0 Å². The first-order valence-corrected chi connectivity index (χ1v) is 13.0. The Morgan fingerprint density at radius 1 is 1.12 bits per heavy atom. The number of likely N-dealkylation sites (tertiary alicyclic amines) is 1. The summed E-state index contributed by atoms with van der Waals surface area (Å²) < 4.78 is 28.5. The van der Waals surface area contributed by atoms with Gasteiger partial charge in [0.2, 0.25) is 11.8 Å². The maximum atomic E-state index is 12.9. The van der Waals surface area contributed by atoms with Crippen LogP contribution in [0, 0.1) is 19.8 Å². The van der Waals surface area contributed by atoms with Gasteiger partial charge in [-0.05, 0) is 62.4 Å². The summed E-state index contributed by atoms with van der Waals surface area (Å²) in [5.74, 6) is -0.00782. The van der Waals surface area contributed by atoms with Gasteiger partial charge in [0.25, 0.3) is 10.0 Å². The van der Waals surface area contributed by atoms with Gasteiger partial charge < -0.3 is 10.2 Å². The molecule has 32 heavy (non-hydrogen) atoms. The number of nitrogens with one attached hydrogen (secondary N) is 2. The van der Waals surface area contributed by atoms with Crippen LogP contribution in [-0.4, -0.2) is 43.5 Å². The van der Waals surface area contributed by atoms with Crippen LogP contribution in [0.1, 0.15) is 30.9 Å². The van der Waals surface area contributed by atoms with Gasteiger partial charge >= 0.3 is 0 Å². The molecule has 0 aliphatic carbocycles. The predicted octanol–water partition coefficient (Wildman–Crippen LogP) is 3.78. The Hall–Kier alpha value is -2.52. The molecule has 2 amide bonds. The molecule has 2 aromatic carbocycles. The summed E-state index contributed by atoms with van der Waals surface area (Å²) in [6.45, 7) is 7.28. The van der Waals surface area contributed by atoms with Crippen LogP contribution in [-0.2, 0) is 19.6 Å². The Morgan fingerprint density at radius 3 is 2.53 bits per heavy atom. The number of piperidine rings is 1. The Morgan fingerprint density at radius 2 is 1.84 bits per heavy atom. The molecule has 2 aromatic rings. The summed E-state index contributed by atoms with van der Waals surface area (Å²) in [6.07, 6.45) is 1.88. The van der Waals surface area contributed by atoms with E-state index < -0.39 is 21.2 Å². The number of fused-ring (bicyclic) bond motifs is 1. The lowest BCUT2D eigenvalue weighted by atomic mass is 9.99. The molecule has 170 valence electrons. The van der Waals surface area contributed by atoms with Gasteiger partial charge in [0.05, 0.1) is 16.3 Å². The van der Waals surface area contributed by atoms with Crippen LogP contribution in [0.15, 0.2) is 46.2 Å². The number of benzene rings is 2. The third kappa shape index (κ3) is 4.63. The second kappa shape index (κ2) is 8.78. The topological polar surface area (TPSA) is 95.6 Å². The number of rotatable bonds is 4. The minimum Gasteiger partial charge on any atom is -0.341 e. The average Bonchev–Trinajstić information content (AvgIpc) is 2.75. The lowest BCUT2D eigenvalue weighted by molar-refractivity contribution is -0.135. The molecule has 9 heteroatoms. The summed E-state index contributed by atoms with van der Waals surface area (Å²) >= 11 is 1.18. The molecular weight excluding hydrogens is 446 g/mol. The van der Waals surface area contributed by atoms with Gasteiger partial charge in [0.15, 0.2) is 5.25 Å². The molecule has 0 spiro atoms. The molecular formula is C23H27N3O4S2. The number of hydrogen-bond donors (Lipinski definition) is 2. The summed E-state index contributed by atoms with van der Waals surface area (Å²) in [6, 6.07) is 10.1. The van der Waals surface area contributed by atoms with Crippen molar-refractivity contribution in [2.75, 3.05) is 23.1 Å². The maximum absolute atomic E-state index is 12.9. The summed E-state index contributed by atoms with van der Waals surface area (Å²) in [7, 11) is -3.84. The minimum atomic E-state index is -3.84. The molecule has 1 unspecified atom stereocenters. The Labute approximate surface area is 193 Å². The van der Waals surface area contributed by atoms with Crippen LogP contribution in [0.2, 0.25) is 0 Å². The number of thioether (sulfide) groups is 1. The van der Waals surface area contributed by atoms with Crippen molar-refractivity contribution in [1.29, 1.82) is 0 Å². The first-order valence-electron chi connectivity index (χ1n) is 10.6. The number of carbonyl (C=O) groups excluding carboxylic acids is 2. The number of anilines is 2. The van der Waals surface area contributed by atoms with Crippen molar-refractivity contribution in [3.63, 3.8) is 0 Å². The number of carbonyl (C=O) groups is 2. The Bertz CT molecular complexity index is 1170. The van der Waals surface area contributed by atoms with Gasteiger partial charge in [-0.15, -0.1) is 11.8 Å². The van der Waals surface area contributed by atoms with Gasteiger partial charge in [-0.25, -0.2) is 8.42 Å². The fraction of sp³-hybridized carbons (Fsp3) is 0.391. The van der Waals surface area contributed by atoms with Crippen LogP contribution >= 0.6 is 11.8 Å². The fourth-order valence-corrected chi connectivity index (χ4v) is 6.15. The standard InChI is InChI=1S/C23H27N3O4S2/c1-14-8-10-26(11-9-14)23(28)21-22(27)24-19-13-17(5-7-20(19)31-21)32(29,30)25-18-6-4-15(2)12-16(18)3/h4-7,12-14,21,25H,8-11H2,1-3H3,(H,24,27). The second-order valence-electron chi connectivity index (χ2n) is 8.58. The van der Waals surface area contributed by atoms with Gasteiger partial charge in [0, 0.05) is 18.0 Å². The molecule has 2 heterocycles. The lowest BCUT2D eigenvalue weighted by Gasteiger charge is -2.33. The highest BCUT2D eigenvalue weighted by molar-refractivity contribution is 8.01. The van der Waals surface area contributed by atoms with E-state index in [9.17, 15) is 18.0 Å². The third-order valence-electron chi connectivity index (χ3n) is 5.95. The average molecular weight is 474 g/mol. The largest absolute Gasteiger partial charge is 0.341 e. The molecule has 2 aliphatic heterocycles. The van der Waals surface area contributed by atoms with Gasteiger partial charge in [0.1, 0.15) is 0 Å². The van der Waals surface area contributed by atoms with Crippen molar-refractivity contribution in [1.82, 2.24) is 4.90 Å². The van der Waals surface area contributed by atoms with Gasteiger partial charge in [-0.2, -0.15) is 0 Å². The van der Waals surface area contributed by atoms with Crippen LogP contribution in [0.5, 0.6) is 0 Å². The second-order valence-corrected chi connectivity index (χ2v) is 11.4. The van der Waals surface area contributed by atoms with E-state index in [2.05, 4.69) is 17.0 Å². The van der Waals surface area contributed by atoms with Crippen molar-refractivity contribution in [3.8, 4) is 0 Å². The number of hydrogen-bond acceptors (Lipinski definition) is 5. The monoisotopic (exact) mass is 473 g/mol. The first kappa shape index (κ1) is 22.7. The highest BCUT2D eigenvalue weighted by Crippen LogP contribution is 2.38. The van der Waals surface area contributed by atoms with Crippen molar-refractivity contribution >= 4 is 45.0 Å². The molecule has 1 fully saturated rings. The van der Waals surface area contributed by atoms with Gasteiger partial charge in [-0.1, -0.05) is 24.6 Å². The predicted molar refractivity (Wildman–Crippen MR) is 126 cm³/mol. The van der Waals surface area contributed by atoms with Crippen LogP contribution < -0.4 is 10.0 Å². The quantitative estimate of drug-likeness (QED) is 0.659. The number of aryl methyl sites for hydroxylation is 2.